The summed E-state index contributed by atoms with van der Waals surface area (Å²) < 4.78 is 10.5. The zero-order valence-electron chi connectivity index (χ0n) is 18.9. The van der Waals surface area contributed by atoms with Crippen molar-refractivity contribution in [2.45, 2.75) is 20.8 Å². The smallest absolute Gasteiger partial charge is 0.282 e. The van der Waals surface area contributed by atoms with Crippen LogP contribution < -0.4 is 4.90 Å². The van der Waals surface area contributed by atoms with Gasteiger partial charge in [0, 0.05) is 27.3 Å². The van der Waals surface area contributed by atoms with Gasteiger partial charge in [0.2, 0.25) is 0 Å². The lowest BCUT2D eigenvalue weighted by molar-refractivity contribution is -0.120. The molecule has 2 aromatic carbocycles. The maximum atomic E-state index is 13.7. The number of rotatable bonds is 9. The van der Waals surface area contributed by atoms with Crippen molar-refractivity contribution < 1.29 is 19.1 Å². The van der Waals surface area contributed by atoms with E-state index in [1.54, 1.807) is 20.3 Å². The van der Waals surface area contributed by atoms with Gasteiger partial charge in [0.15, 0.2) is 0 Å². The Bertz CT molecular complexity index is 1000. The van der Waals surface area contributed by atoms with Crippen LogP contribution in [0.4, 0.5) is 5.69 Å². The first kappa shape index (κ1) is 22.7. The van der Waals surface area contributed by atoms with Gasteiger partial charge < -0.3 is 14.4 Å². The maximum Gasteiger partial charge on any atom is 0.282 e. The van der Waals surface area contributed by atoms with E-state index in [-0.39, 0.29) is 11.8 Å². The fourth-order valence-corrected chi connectivity index (χ4v) is 3.71. The number of hydrogen-bond acceptors (Lipinski definition) is 5. The first-order chi connectivity index (χ1) is 14.9. The number of anilines is 1. The van der Waals surface area contributed by atoms with E-state index in [1.807, 2.05) is 62.1 Å². The van der Waals surface area contributed by atoms with Crippen LogP contribution in [0.2, 0.25) is 0 Å². The summed E-state index contributed by atoms with van der Waals surface area (Å²) in [5.41, 5.74) is 5.31. The Balaban J connectivity index is 2.16. The summed E-state index contributed by atoms with van der Waals surface area (Å²) in [6.07, 6.45) is 0. The first-order valence-corrected chi connectivity index (χ1v) is 10.4. The number of imide groups is 1. The van der Waals surface area contributed by atoms with Gasteiger partial charge in [0.25, 0.3) is 11.8 Å². The van der Waals surface area contributed by atoms with Crippen LogP contribution in [0, 0.1) is 20.8 Å². The third-order valence-electron chi connectivity index (χ3n) is 5.56. The molecule has 0 atom stereocenters. The molecule has 0 N–H and O–H groups in total. The summed E-state index contributed by atoms with van der Waals surface area (Å²) in [5.74, 6) is -0.635. The van der Waals surface area contributed by atoms with Crippen molar-refractivity contribution in [2.75, 3.05) is 45.4 Å². The van der Waals surface area contributed by atoms with Crippen LogP contribution in [-0.2, 0) is 19.1 Å². The van der Waals surface area contributed by atoms with Gasteiger partial charge in [-0.1, -0.05) is 30.3 Å². The molecule has 6 nitrogen and oxygen atoms in total. The lowest BCUT2D eigenvalue weighted by Gasteiger charge is -2.25. The molecule has 2 amide bonds. The van der Waals surface area contributed by atoms with Crippen molar-refractivity contribution >= 4 is 23.1 Å². The van der Waals surface area contributed by atoms with Crippen molar-refractivity contribution in [1.29, 1.82) is 0 Å². The average molecular weight is 423 g/mol. The summed E-state index contributed by atoms with van der Waals surface area (Å²) in [7, 11) is 3.24. The van der Waals surface area contributed by atoms with E-state index in [0.29, 0.717) is 43.3 Å². The Labute approximate surface area is 184 Å². The molecule has 6 heteroatoms. The van der Waals surface area contributed by atoms with Crippen LogP contribution in [0.1, 0.15) is 22.3 Å². The van der Waals surface area contributed by atoms with Gasteiger partial charge in [0.1, 0.15) is 5.70 Å². The van der Waals surface area contributed by atoms with E-state index in [4.69, 9.17) is 9.47 Å². The maximum absolute atomic E-state index is 13.7. The predicted molar refractivity (Wildman–Crippen MR) is 122 cm³/mol. The van der Waals surface area contributed by atoms with E-state index in [1.165, 1.54) is 4.90 Å². The van der Waals surface area contributed by atoms with E-state index in [2.05, 4.69) is 0 Å². The predicted octanol–water partition coefficient (Wildman–Crippen LogP) is 3.49. The highest BCUT2D eigenvalue weighted by Crippen LogP contribution is 2.35. The summed E-state index contributed by atoms with van der Waals surface area (Å²) in [6, 6.07) is 13.3. The van der Waals surface area contributed by atoms with Crippen LogP contribution in [0.15, 0.2) is 48.2 Å². The van der Waals surface area contributed by atoms with Gasteiger partial charge in [-0.25, -0.2) is 4.90 Å². The van der Waals surface area contributed by atoms with Gasteiger partial charge in [-0.2, -0.15) is 0 Å². The summed E-state index contributed by atoms with van der Waals surface area (Å²) in [6.45, 7) is 7.79. The van der Waals surface area contributed by atoms with Crippen molar-refractivity contribution in [3.8, 4) is 0 Å². The number of benzene rings is 2. The fraction of sp³-hybridized carbons (Fsp3) is 0.360. The molecule has 0 radical (unpaired) electrons. The van der Waals surface area contributed by atoms with Gasteiger partial charge in [-0.05, 0) is 55.2 Å². The number of carbonyl (C=O) groups excluding carboxylic acids is 2. The quantitative estimate of drug-likeness (QED) is 0.579. The van der Waals surface area contributed by atoms with Gasteiger partial charge in [-0.15, -0.1) is 0 Å². The second kappa shape index (κ2) is 9.90. The highest BCUT2D eigenvalue weighted by atomic mass is 16.5. The summed E-state index contributed by atoms with van der Waals surface area (Å²) in [5, 5.41) is 0. The van der Waals surface area contributed by atoms with Crippen LogP contribution in [0.3, 0.4) is 0 Å². The summed E-state index contributed by atoms with van der Waals surface area (Å²) in [4.78, 5) is 30.5. The Morgan fingerprint density at radius 1 is 0.839 bits per heavy atom. The molecule has 0 fully saturated rings. The number of methoxy groups -OCH3 is 2. The minimum atomic E-state index is -0.323. The Morgan fingerprint density at radius 3 is 2.10 bits per heavy atom. The summed E-state index contributed by atoms with van der Waals surface area (Å²) >= 11 is 0. The molecule has 0 unspecified atom stereocenters. The minimum absolute atomic E-state index is 0.311. The third-order valence-corrected chi connectivity index (χ3v) is 5.56. The normalized spacial score (nSPS) is 14.0. The number of aryl methyl sites for hydroxylation is 3. The van der Waals surface area contributed by atoms with Crippen LogP contribution in [-0.4, -0.2) is 57.2 Å². The minimum Gasteiger partial charge on any atom is -0.383 e. The molecule has 1 heterocycles. The standard InChI is InChI=1S/C25H30N2O4/c1-17-7-6-8-21(15-17)27-24(28)22(20-10-9-18(2)19(3)16-20)23(25(27)29)26(11-13-30-4)12-14-31-5/h6-10,15-16H,11-14H2,1-5H3. The molecule has 2 aromatic rings. The van der Waals surface area contributed by atoms with Crippen molar-refractivity contribution in [3.05, 3.63) is 70.4 Å². The Kier molecular flexibility index (Phi) is 7.25. The molecule has 164 valence electrons. The number of ether oxygens (including phenoxy) is 2. The SMILES string of the molecule is COCCN(CCOC)C1=C(c2ccc(C)c(C)c2)C(=O)N(c2cccc(C)c2)C1=O. The van der Waals surface area contributed by atoms with Gasteiger partial charge >= 0.3 is 0 Å². The fourth-order valence-electron chi connectivity index (χ4n) is 3.71. The molecule has 0 aromatic heterocycles. The molecule has 3 rings (SSSR count). The second-order valence-corrected chi connectivity index (χ2v) is 7.78. The Hall–Kier alpha value is -2.96. The average Bonchev–Trinajstić information content (AvgIpc) is 3.00. The molecule has 0 bridgehead atoms. The largest absolute Gasteiger partial charge is 0.383 e. The third kappa shape index (κ3) is 4.70. The highest BCUT2D eigenvalue weighted by Gasteiger charge is 2.42. The molecule has 0 saturated carbocycles. The zero-order valence-corrected chi connectivity index (χ0v) is 18.9. The van der Waals surface area contributed by atoms with E-state index in [0.717, 1.165) is 22.3 Å². The first-order valence-electron chi connectivity index (χ1n) is 10.4. The molecular formula is C25H30N2O4. The van der Waals surface area contributed by atoms with E-state index in [9.17, 15) is 9.59 Å². The lowest BCUT2D eigenvalue weighted by atomic mass is 9.99. The molecular weight excluding hydrogens is 392 g/mol. The number of hydrogen-bond donors (Lipinski definition) is 0. The molecule has 0 spiro atoms. The Morgan fingerprint density at radius 2 is 1.52 bits per heavy atom. The topological polar surface area (TPSA) is 59.1 Å². The molecule has 0 aliphatic carbocycles. The molecule has 31 heavy (non-hydrogen) atoms. The second-order valence-electron chi connectivity index (χ2n) is 7.78. The van der Waals surface area contributed by atoms with E-state index >= 15 is 0 Å². The lowest BCUT2D eigenvalue weighted by Crippen LogP contribution is -2.37. The van der Waals surface area contributed by atoms with Gasteiger partial charge in [0.05, 0.1) is 24.5 Å². The van der Waals surface area contributed by atoms with E-state index < -0.39 is 0 Å². The molecule has 1 aliphatic heterocycles. The number of nitrogens with zero attached hydrogens (tertiary/aromatic N) is 2. The van der Waals surface area contributed by atoms with Crippen molar-refractivity contribution in [1.82, 2.24) is 4.90 Å². The molecule has 0 saturated heterocycles. The van der Waals surface area contributed by atoms with Gasteiger partial charge in [-0.3, -0.25) is 9.59 Å². The number of carbonyl (C=O) groups is 2. The highest BCUT2D eigenvalue weighted by molar-refractivity contribution is 6.45. The number of amides is 2. The van der Waals surface area contributed by atoms with Crippen molar-refractivity contribution in [2.24, 2.45) is 0 Å². The monoisotopic (exact) mass is 422 g/mol. The van der Waals surface area contributed by atoms with Crippen LogP contribution in [0.25, 0.3) is 5.57 Å². The zero-order chi connectivity index (χ0) is 22.5. The molecule has 1 aliphatic rings. The van der Waals surface area contributed by atoms with Crippen molar-refractivity contribution in [3.63, 3.8) is 0 Å². The van der Waals surface area contributed by atoms with Crippen LogP contribution in [0.5, 0.6) is 0 Å². The van der Waals surface area contributed by atoms with Crippen LogP contribution >= 0.6 is 0 Å².